The molecule has 0 atom stereocenters. The van der Waals surface area contributed by atoms with E-state index >= 15 is 0 Å². The van der Waals surface area contributed by atoms with Gasteiger partial charge in [-0.2, -0.15) is 0 Å². The van der Waals surface area contributed by atoms with Gasteiger partial charge in [0.1, 0.15) is 10.6 Å². The maximum absolute atomic E-state index is 12.0. The Bertz CT molecular complexity index is 681. The molecule has 2 amide bonds. The van der Waals surface area contributed by atoms with E-state index < -0.39 is 12.0 Å². The number of rotatable bonds is 4. The largest absolute Gasteiger partial charge is 0.495 e. The Morgan fingerprint density at radius 1 is 1.24 bits per heavy atom. The molecule has 1 aromatic heterocycles. The van der Waals surface area contributed by atoms with E-state index in [1.54, 1.807) is 36.6 Å². The standard InChI is InChI=1S/C14H14N2O4S/c1-8-7-21-12(13(17)18)11(8)16-14(19)15-9-5-3-4-6-10(9)20-2/h3-7H,1-2H3,(H,17,18)(H2,15,16,19). The average molecular weight is 306 g/mol. The van der Waals surface area contributed by atoms with Crippen LogP contribution in [0, 0.1) is 6.92 Å². The quantitative estimate of drug-likeness (QED) is 0.807. The minimum atomic E-state index is -1.07. The van der Waals surface area contributed by atoms with Crippen molar-refractivity contribution in [2.24, 2.45) is 0 Å². The fourth-order valence-corrected chi connectivity index (χ4v) is 2.62. The summed E-state index contributed by atoms with van der Waals surface area (Å²) in [6.45, 7) is 1.74. The van der Waals surface area contributed by atoms with Gasteiger partial charge in [-0.1, -0.05) is 12.1 Å². The van der Waals surface area contributed by atoms with Crippen LogP contribution in [-0.4, -0.2) is 24.2 Å². The molecule has 0 aliphatic carbocycles. The van der Waals surface area contributed by atoms with E-state index in [1.165, 1.54) is 7.11 Å². The van der Waals surface area contributed by atoms with Crippen molar-refractivity contribution in [2.45, 2.75) is 6.92 Å². The Labute approximate surface area is 125 Å². The summed E-state index contributed by atoms with van der Waals surface area (Å²) in [4.78, 5) is 23.2. The highest BCUT2D eigenvalue weighted by Crippen LogP contribution is 2.28. The molecule has 21 heavy (non-hydrogen) atoms. The number of ether oxygens (including phenoxy) is 1. The first-order valence-electron chi connectivity index (χ1n) is 6.05. The lowest BCUT2D eigenvalue weighted by Gasteiger charge is -2.11. The van der Waals surface area contributed by atoms with Gasteiger partial charge in [-0.25, -0.2) is 9.59 Å². The van der Waals surface area contributed by atoms with E-state index in [9.17, 15) is 9.59 Å². The van der Waals surface area contributed by atoms with Crippen LogP contribution < -0.4 is 15.4 Å². The molecule has 2 aromatic rings. The number of para-hydroxylation sites is 2. The number of anilines is 2. The minimum Gasteiger partial charge on any atom is -0.495 e. The number of carboxylic acid groups (broad SMARTS) is 1. The number of benzene rings is 1. The van der Waals surface area contributed by atoms with E-state index in [-0.39, 0.29) is 4.88 Å². The van der Waals surface area contributed by atoms with Gasteiger partial charge in [0, 0.05) is 0 Å². The van der Waals surface area contributed by atoms with Crippen molar-refractivity contribution in [3.8, 4) is 5.75 Å². The third-order valence-electron chi connectivity index (χ3n) is 2.76. The summed E-state index contributed by atoms with van der Waals surface area (Å²) >= 11 is 1.07. The fraction of sp³-hybridized carbons (Fsp3) is 0.143. The van der Waals surface area contributed by atoms with Crippen LogP contribution in [0.4, 0.5) is 16.2 Å². The number of thiophene rings is 1. The number of hydrogen-bond acceptors (Lipinski definition) is 4. The highest BCUT2D eigenvalue weighted by Gasteiger charge is 2.17. The van der Waals surface area contributed by atoms with Gasteiger partial charge < -0.3 is 20.5 Å². The second kappa shape index (κ2) is 6.27. The lowest BCUT2D eigenvalue weighted by atomic mass is 10.2. The molecule has 0 spiro atoms. The van der Waals surface area contributed by atoms with Crippen LogP contribution in [0.1, 0.15) is 15.2 Å². The van der Waals surface area contributed by atoms with E-state index in [1.807, 2.05) is 0 Å². The lowest BCUT2D eigenvalue weighted by molar-refractivity contribution is 0.0703. The van der Waals surface area contributed by atoms with Crippen molar-refractivity contribution >= 4 is 34.7 Å². The Hall–Kier alpha value is -2.54. The van der Waals surface area contributed by atoms with Crippen molar-refractivity contribution < 1.29 is 19.4 Å². The van der Waals surface area contributed by atoms with Crippen molar-refractivity contribution in [2.75, 3.05) is 17.7 Å². The van der Waals surface area contributed by atoms with Crippen LogP contribution in [0.2, 0.25) is 0 Å². The van der Waals surface area contributed by atoms with Crippen molar-refractivity contribution in [3.63, 3.8) is 0 Å². The van der Waals surface area contributed by atoms with E-state index in [4.69, 9.17) is 9.84 Å². The molecule has 6 nitrogen and oxygen atoms in total. The van der Waals surface area contributed by atoms with E-state index in [2.05, 4.69) is 10.6 Å². The number of nitrogens with one attached hydrogen (secondary N) is 2. The van der Waals surface area contributed by atoms with E-state index in [0.717, 1.165) is 11.3 Å². The van der Waals surface area contributed by atoms with Gasteiger partial charge in [0.2, 0.25) is 0 Å². The predicted molar refractivity (Wildman–Crippen MR) is 81.7 cm³/mol. The molecule has 0 radical (unpaired) electrons. The molecule has 7 heteroatoms. The second-order valence-electron chi connectivity index (χ2n) is 4.21. The highest BCUT2D eigenvalue weighted by molar-refractivity contribution is 7.12. The van der Waals surface area contributed by atoms with Crippen LogP contribution in [0.15, 0.2) is 29.6 Å². The van der Waals surface area contributed by atoms with Gasteiger partial charge >= 0.3 is 12.0 Å². The van der Waals surface area contributed by atoms with E-state index in [0.29, 0.717) is 22.7 Å². The molecule has 2 rings (SSSR count). The topological polar surface area (TPSA) is 87.7 Å². The molecule has 0 unspecified atom stereocenters. The monoisotopic (exact) mass is 306 g/mol. The number of aryl methyl sites for hydroxylation is 1. The van der Waals surface area contributed by atoms with Crippen LogP contribution in [0.3, 0.4) is 0 Å². The average Bonchev–Trinajstić information content (AvgIpc) is 2.81. The first kappa shape index (κ1) is 14.9. The van der Waals surface area contributed by atoms with Crippen molar-refractivity contribution in [1.82, 2.24) is 0 Å². The number of hydrogen-bond donors (Lipinski definition) is 3. The van der Waals surface area contributed by atoms with Crippen LogP contribution in [-0.2, 0) is 0 Å². The smallest absolute Gasteiger partial charge is 0.348 e. The number of methoxy groups -OCH3 is 1. The van der Waals surface area contributed by atoms with Crippen molar-refractivity contribution in [3.05, 3.63) is 40.1 Å². The van der Waals surface area contributed by atoms with Crippen LogP contribution in [0.5, 0.6) is 5.75 Å². The fourth-order valence-electron chi connectivity index (χ4n) is 1.77. The first-order chi connectivity index (χ1) is 10.0. The third kappa shape index (κ3) is 3.32. The van der Waals surface area contributed by atoms with Gasteiger partial charge in [0.05, 0.1) is 18.5 Å². The zero-order valence-corrected chi connectivity index (χ0v) is 12.3. The number of carboxylic acids is 1. The van der Waals surface area contributed by atoms with Crippen molar-refractivity contribution in [1.29, 1.82) is 0 Å². The van der Waals surface area contributed by atoms with Gasteiger partial charge in [0.25, 0.3) is 0 Å². The maximum Gasteiger partial charge on any atom is 0.348 e. The molecule has 0 fully saturated rings. The number of amides is 2. The summed E-state index contributed by atoms with van der Waals surface area (Å²) in [6.07, 6.45) is 0. The summed E-state index contributed by atoms with van der Waals surface area (Å²) in [6, 6.07) is 6.43. The summed E-state index contributed by atoms with van der Waals surface area (Å²) in [7, 11) is 1.50. The Balaban J connectivity index is 2.16. The molecule has 110 valence electrons. The molecule has 0 saturated carbocycles. The number of aromatic carboxylic acids is 1. The molecule has 0 saturated heterocycles. The molecular formula is C14H14N2O4S. The van der Waals surface area contributed by atoms with Gasteiger partial charge in [-0.3, -0.25) is 0 Å². The molecule has 1 heterocycles. The Kier molecular flexibility index (Phi) is 4.44. The lowest BCUT2D eigenvalue weighted by Crippen LogP contribution is -2.21. The van der Waals surface area contributed by atoms with Gasteiger partial charge in [0.15, 0.2) is 0 Å². The van der Waals surface area contributed by atoms with Crippen LogP contribution in [0.25, 0.3) is 0 Å². The number of carbonyl (C=O) groups is 2. The van der Waals surface area contributed by atoms with Crippen LogP contribution >= 0.6 is 11.3 Å². The number of carbonyl (C=O) groups excluding carboxylic acids is 1. The molecule has 0 aliphatic heterocycles. The first-order valence-corrected chi connectivity index (χ1v) is 6.93. The summed E-state index contributed by atoms with van der Waals surface area (Å²) in [5.74, 6) is -0.547. The Morgan fingerprint density at radius 2 is 1.95 bits per heavy atom. The summed E-state index contributed by atoms with van der Waals surface area (Å²) in [5.41, 5.74) is 1.51. The second-order valence-corrected chi connectivity index (χ2v) is 5.09. The molecule has 1 aromatic carbocycles. The summed E-state index contributed by atoms with van der Waals surface area (Å²) < 4.78 is 5.13. The molecule has 3 N–H and O–H groups in total. The molecular weight excluding hydrogens is 292 g/mol. The highest BCUT2D eigenvalue weighted by atomic mass is 32.1. The molecule has 0 aliphatic rings. The third-order valence-corrected chi connectivity index (χ3v) is 3.85. The predicted octanol–water partition coefficient (Wildman–Crippen LogP) is 3.41. The SMILES string of the molecule is COc1ccccc1NC(=O)Nc1c(C)csc1C(=O)O. The zero-order valence-electron chi connectivity index (χ0n) is 11.5. The minimum absolute atomic E-state index is 0.0997. The van der Waals surface area contributed by atoms with Gasteiger partial charge in [-0.15, -0.1) is 11.3 Å². The summed E-state index contributed by atoms with van der Waals surface area (Å²) in [5, 5.41) is 16.0. The Morgan fingerprint density at radius 3 is 2.62 bits per heavy atom. The maximum atomic E-state index is 12.0. The molecule has 0 bridgehead atoms. The van der Waals surface area contributed by atoms with Gasteiger partial charge in [-0.05, 0) is 30.0 Å². The zero-order chi connectivity index (χ0) is 15.4. The normalized spacial score (nSPS) is 10.0. The number of urea groups is 1.